The maximum Gasteiger partial charge on any atom is 0.306 e. The maximum atomic E-state index is 12.8. The molecule has 0 fully saturated rings. The predicted octanol–water partition coefficient (Wildman–Crippen LogP) is 15.5. The van der Waals surface area contributed by atoms with Crippen LogP contribution in [-0.4, -0.2) is 70.0 Å². The Morgan fingerprint density at radius 3 is 1.19 bits per heavy atom. The molecule has 0 aliphatic heterocycles. The fraction of sp³-hybridized carbons (Fsp3) is 0.925. The number of rotatable bonds is 50. The molecule has 0 radical (unpaired) electrons. The van der Waals surface area contributed by atoms with Gasteiger partial charge in [0.05, 0.1) is 27.7 Å². The number of phosphoric ester groups is 1. The predicted molar refractivity (Wildman–Crippen MR) is 264 cm³/mol. The van der Waals surface area contributed by atoms with E-state index in [2.05, 4.69) is 26.0 Å². The molecule has 0 aliphatic carbocycles. The number of likely N-dealkylation sites (N-methyl/N-ethyl adjacent to an activating group) is 1. The Hall–Kier alpha value is -1.25. The monoisotopic (exact) mass is 914 g/mol. The normalized spacial score (nSPS) is 13.4. The summed E-state index contributed by atoms with van der Waals surface area (Å²) in [6, 6.07) is 0. The molecule has 0 aromatic carbocycles. The summed E-state index contributed by atoms with van der Waals surface area (Å²) in [5.41, 5.74) is 0. The van der Waals surface area contributed by atoms with Gasteiger partial charge < -0.3 is 27.9 Å². The number of esters is 2. The first-order chi connectivity index (χ1) is 30.5. The Kier molecular flexibility index (Phi) is 45.0. The van der Waals surface area contributed by atoms with Crippen LogP contribution < -0.4 is 4.89 Å². The van der Waals surface area contributed by atoms with Crippen molar-refractivity contribution in [2.75, 3.05) is 47.5 Å². The summed E-state index contributed by atoms with van der Waals surface area (Å²) in [4.78, 5) is 37.7. The molecule has 10 heteroatoms. The minimum atomic E-state index is -4.63. The van der Waals surface area contributed by atoms with Gasteiger partial charge in [0.25, 0.3) is 7.82 Å². The van der Waals surface area contributed by atoms with E-state index in [0.717, 1.165) is 32.1 Å². The van der Waals surface area contributed by atoms with Gasteiger partial charge in [-0.1, -0.05) is 225 Å². The van der Waals surface area contributed by atoms with E-state index in [1.54, 1.807) is 0 Å². The molecule has 0 heterocycles. The average Bonchev–Trinajstić information content (AvgIpc) is 3.24. The van der Waals surface area contributed by atoms with Crippen molar-refractivity contribution in [3.05, 3.63) is 12.2 Å². The van der Waals surface area contributed by atoms with Gasteiger partial charge in [-0.25, -0.2) is 0 Å². The molecule has 0 aliphatic rings. The summed E-state index contributed by atoms with van der Waals surface area (Å²) in [6.07, 6.45) is 51.0. The number of quaternary nitrogens is 1. The number of carbonyl (C=O) groups excluding carboxylic acids is 2. The molecule has 0 aromatic heterocycles. The Morgan fingerprint density at radius 1 is 0.476 bits per heavy atom. The molecule has 0 N–H and O–H groups in total. The molecular weight excluding hydrogens is 810 g/mol. The third-order valence-electron chi connectivity index (χ3n) is 12.0. The highest BCUT2D eigenvalue weighted by Crippen LogP contribution is 2.38. The fourth-order valence-corrected chi connectivity index (χ4v) is 8.56. The molecule has 0 rings (SSSR count). The second kappa shape index (κ2) is 45.9. The average molecular weight is 914 g/mol. The number of carbonyl (C=O) groups is 2. The van der Waals surface area contributed by atoms with Crippen LogP contribution in [0.25, 0.3) is 0 Å². The third-order valence-corrected chi connectivity index (χ3v) is 13.0. The first-order valence-corrected chi connectivity index (χ1v) is 28.4. The van der Waals surface area contributed by atoms with Crippen LogP contribution in [0.2, 0.25) is 0 Å². The van der Waals surface area contributed by atoms with Crippen LogP contribution in [0.1, 0.15) is 264 Å². The summed E-state index contributed by atoms with van der Waals surface area (Å²) >= 11 is 0. The molecule has 0 aromatic rings. The van der Waals surface area contributed by atoms with E-state index in [4.69, 9.17) is 18.5 Å². The van der Waals surface area contributed by atoms with E-state index < -0.39 is 26.5 Å². The van der Waals surface area contributed by atoms with E-state index in [9.17, 15) is 19.0 Å². The number of allylic oxidation sites excluding steroid dienone is 2. The second-order valence-electron chi connectivity index (χ2n) is 19.6. The van der Waals surface area contributed by atoms with Crippen LogP contribution in [0, 0.1) is 0 Å². The van der Waals surface area contributed by atoms with Crippen molar-refractivity contribution in [2.24, 2.45) is 0 Å². The van der Waals surface area contributed by atoms with Crippen molar-refractivity contribution in [1.82, 2.24) is 0 Å². The lowest BCUT2D eigenvalue weighted by atomic mass is 10.0. The third kappa shape index (κ3) is 50.0. The van der Waals surface area contributed by atoms with Crippen LogP contribution in [0.15, 0.2) is 12.2 Å². The molecule has 63 heavy (non-hydrogen) atoms. The summed E-state index contributed by atoms with van der Waals surface area (Å²) in [5.74, 6) is -0.820. The number of nitrogens with zero attached hydrogens (tertiary/aromatic N) is 1. The van der Waals surface area contributed by atoms with Gasteiger partial charge >= 0.3 is 11.9 Å². The molecule has 0 spiro atoms. The first-order valence-electron chi connectivity index (χ1n) is 26.9. The van der Waals surface area contributed by atoms with Crippen LogP contribution >= 0.6 is 7.82 Å². The van der Waals surface area contributed by atoms with E-state index in [0.29, 0.717) is 17.4 Å². The summed E-state index contributed by atoms with van der Waals surface area (Å²) in [6.45, 7) is 4.27. The Bertz CT molecular complexity index is 1080. The van der Waals surface area contributed by atoms with Crippen molar-refractivity contribution >= 4 is 19.8 Å². The molecule has 0 saturated heterocycles. The standard InChI is InChI=1S/C53H104NO8P/c1-6-8-10-12-14-16-18-20-22-24-25-26-27-28-30-32-34-36-38-40-42-44-46-53(56)62-51(50-61-63(57,58)60-48-47-54(3,4)5)49-59-52(55)45-43-41-39-37-35-33-31-29-23-21-19-17-15-13-11-9-7-2/h17,19,51H,6-16,18,20-50H2,1-5H3/b19-17+/t51-/m1/s1. The van der Waals surface area contributed by atoms with Crippen LogP contribution in [-0.2, 0) is 32.7 Å². The Morgan fingerprint density at radius 2 is 0.810 bits per heavy atom. The second-order valence-corrected chi connectivity index (χ2v) is 21.0. The van der Waals surface area contributed by atoms with Gasteiger partial charge in [0.2, 0.25) is 0 Å². The van der Waals surface area contributed by atoms with Gasteiger partial charge in [0, 0.05) is 12.8 Å². The summed E-state index contributed by atoms with van der Waals surface area (Å²) in [7, 11) is 1.18. The number of unbranched alkanes of at least 4 members (excludes halogenated alkanes) is 34. The van der Waals surface area contributed by atoms with E-state index >= 15 is 0 Å². The number of ether oxygens (including phenoxy) is 2. The summed E-state index contributed by atoms with van der Waals surface area (Å²) < 4.78 is 34.1. The molecule has 0 amide bonds. The van der Waals surface area contributed by atoms with Crippen molar-refractivity contribution < 1.29 is 42.1 Å². The van der Waals surface area contributed by atoms with E-state index in [1.165, 1.54) is 199 Å². The van der Waals surface area contributed by atoms with Gasteiger partial charge in [0.15, 0.2) is 6.10 Å². The maximum absolute atomic E-state index is 12.8. The first kappa shape index (κ1) is 61.8. The zero-order valence-electron chi connectivity index (χ0n) is 42.3. The van der Waals surface area contributed by atoms with Crippen molar-refractivity contribution in [3.8, 4) is 0 Å². The molecule has 0 saturated carbocycles. The van der Waals surface area contributed by atoms with Crippen LogP contribution in [0.5, 0.6) is 0 Å². The van der Waals surface area contributed by atoms with Crippen LogP contribution in [0.4, 0.5) is 0 Å². The molecular formula is C53H104NO8P. The highest BCUT2D eigenvalue weighted by molar-refractivity contribution is 7.45. The van der Waals surface area contributed by atoms with E-state index in [-0.39, 0.29) is 32.0 Å². The zero-order chi connectivity index (χ0) is 46.4. The fourth-order valence-electron chi connectivity index (χ4n) is 7.83. The SMILES string of the molecule is CCCCCC/C=C/CCCCCCCCCCCC(=O)OC[C@H](COP(=O)([O-])OCC[N+](C)(C)C)OC(=O)CCCCCCCCCCCCCCCCCCCCCCCC. The van der Waals surface area contributed by atoms with Crippen LogP contribution in [0.3, 0.4) is 0 Å². The van der Waals surface area contributed by atoms with Gasteiger partial charge in [-0.3, -0.25) is 14.2 Å². The largest absolute Gasteiger partial charge is 0.756 e. The summed E-state index contributed by atoms with van der Waals surface area (Å²) in [5, 5.41) is 0. The lowest BCUT2D eigenvalue weighted by molar-refractivity contribution is -0.870. The lowest BCUT2D eigenvalue weighted by Gasteiger charge is -2.28. The van der Waals surface area contributed by atoms with Crippen molar-refractivity contribution in [2.45, 2.75) is 270 Å². The highest BCUT2D eigenvalue weighted by Gasteiger charge is 2.21. The topological polar surface area (TPSA) is 111 Å². The van der Waals surface area contributed by atoms with Crippen molar-refractivity contribution in [1.29, 1.82) is 0 Å². The Balaban J connectivity index is 4.17. The van der Waals surface area contributed by atoms with Crippen molar-refractivity contribution in [3.63, 3.8) is 0 Å². The molecule has 374 valence electrons. The molecule has 2 atom stereocenters. The smallest absolute Gasteiger partial charge is 0.306 e. The quantitative estimate of drug-likeness (QED) is 0.0195. The lowest BCUT2D eigenvalue weighted by Crippen LogP contribution is -2.37. The minimum Gasteiger partial charge on any atom is -0.756 e. The van der Waals surface area contributed by atoms with Gasteiger partial charge in [-0.2, -0.15) is 0 Å². The number of hydrogen-bond acceptors (Lipinski definition) is 8. The van der Waals surface area contributed by atoms with Gasteiger partial charge in [-0.05, 0) is 38.5 Å². The van der Waals surface area contributed by atoms with Gasteiger partial charge in [-0.15, -0.1) is 0 Å². The number of phosphoric acid groups is 1. The molecule has 0 bridgehead atoms. The highest BCUT2D eigenvalue weighted by atomic mass is 31.2. The van der Waals surface area contributed by atoms with E-state index in [1.807, 2.05) is 21.1 Å². The Labute approximate surface area is 390 Å². The molecule has 9 nitrogen and oxygen atoms in total. The number of hydrogen-bond donors (Lipinski definition) is 0. The zero-order valence-corrected chi connectivity index (χ0v) is 43.2. The minimum absolute atomic E-state index is 0.0274. The molecule has 1 unspecified atom stereocenters. The van der Waals surface area contributed by atoms with Gasteiger partial charge in [0.1, 0.15) is 19.8 Å².